The molecule has 1 aromatic heterocycles. The van der Waals surface area contributed by atoms with Crippen molar-refractivity contribution < 1.29 is 13.6 Å². The normalized spacial score (nSPS) is 11.6. The predicted octanol–water partition coefficient (Wildman–Crippen LogP) is 6.04. The second kappa shape index (κ2) is 7.52. The smallest absolute Gasteiger partial charge is 0.243 e. The van der Waals surface area contributed by atoms with Crippen molar-refractivity contribution in [1.29, 1.82) is 0 Å². The molecule has 0 fully saturated rings. The summed E-state index contributed by atoms with van der Waals surface area (Å²) in [7, 11) is -1.78. The van der Waals surface area contributed by atoms with E-state index in [4.69, 9.17) is 13.6 Å². The minimum absolute atomic E-state index is 0.706. The molecule has 0 amide bonds. The highest BCUT2D eigenvalue weighted by molar-refractivity contribution is 6.93. The van der Waals surface area contributed by atoms with Gasteiger partial charge in [-0.3, -0.25) is 0 Å². The Kier molecular flexibility index (Phi) is 5.83. The lowest BCUT2D eigenvalue weighted by Crippen LogP contribution is -2.25. The monoisotopic (exact) mass is 372 g/mol. The fraction of sp³-hybridized carbons (Fsp3) is 0.350. The zero-order valence-corrected chi connectivity index (χ0v) is 18.3. The van der Waals surface area contributed by atoms with Gasteiger partial charge in [-0.2, -0.15) is 0 Å². The maximum atomic E-state index is 6.30. The lowest BCUT2D eigenvalue weighted by molar-refractivity contribution is 0.415. The van der Waals surface area contributed by atoms with E-state index in [0.29, 0.717) is 5.76 Å². The summed E-state index contributed by atoms with van der Waals surface area (Å²) in [5, 5.41) is 1.21. The Morgan fingerprint density at radius 2 is 1.60 bits per heavy atom. The number of methoxy groups -OCH3 is 1. The van der Waals surface area contributed by atoms with Gasteiger partial charge in [-0.05, 0) is 54.7 Å². The van der Waals surface area contributed by atoms with Crippen molar-refractivity contribution in [3.05, 3.63) is 59.7 Å². The molecular weight excluding hydrogens is 344 g/mol. The molecule has 134 valence electrons. The molecule has 1 aromatic carbocycles. The lowest BCUT2D eigenvalue weighted by atomic mass is 10.2. The molecule has 2 aromatic rings. The molecule has 0 radical (unpaired) electrons. The predicted molar refractivity (Wildman–Crippen MR) is 110 cm³/mol. The third kappa shape index (κ3) is 5.53. The summed E-state index contributed by atoms with van der Waals surface area (Å²) in [6.45, 7) is 13.4. The van der Waals surface area contributed by atoms with E-state index in [2.05, 4.69) is 57.1 Å². The van der Waals surface area contributed by atoms with E-state index in [-0.39, 0.29) is 0 Å². The maximum absolute atomic E-state index is 6.30. The minimum Gasteiger partial charge on any atom is -0.536 e. The lowest BCUT2D eigenvalue weighted by Gasteiger charge is -2.22. The van der Waals surface area contributed by atoms with Gasteiger partial charge in [0, 0.05) is 0 Å². The maximum Gasteiger partial charge on any atom is 0.243 e. The molecule has 0 aliphatic carbocycles. The Labute approximate surface area is 153 Å². The molecule has 0 spiro atoms. The summed E-state index contributed by atoms with van der Waals surface area (Å²) >= 11 is 0. The topological polar surface area (TPSA) is 31.6 Å². The van der Waals surface area contributed by atoms with E-state index < -0.39 is 16.4 Å². The van der Waals surface area contributed by atoms with Crippen LogP contribution in [0.1, 0.15) is 11.3 Å². The Hall–Kier alpha value is -1.95. The van der Waals surface area contributed by atoms with Crippen LogP contribution >= 0.6 is 0 Å². The highest BCUT2D eigenvalue weighted by atomic mass is 28.4. The highest BCUT2D eigenvalue weighted by Crippen LogP contribution is 2.29. The summed E-state index contributed by atoms with van der Waals surface area (Å²) in [6.07, 6.45) is 1.67. The number of hydrogen-bond acceptors (Lipinski definition) is 3. The Balaban J connectivity index is 2.67. The van der Waals surface area contributed by atoms with Crippen molar-refractivity contribution in [3.8, 4) is 5.75 Å². The fourth-order valence-corrected chi connectivity index (χ4v) is 4.70. The van der Waals surface area contributed by atoms with Gasteiger partial charge < -0.3 is 13.6 Å². The Morgan fingerprint density at radius 3 is 2.04 bits per heavy atom. The summed E-state index contributed by atoms with van der Waals surface area (Å²) in [4.78, 5) is 0. The van der Waals surface area contributed by atoms with Gasteiger partial charge in [0.2, 0.25) is 8.32 Å². The third-order valence-electron chi connectivity index (χ3n) is 3.52. The average Bonchev–Trinajstić information content (AvgIpc) is 3.03. The van der Waals surface area contributed by atoms with Crippen LogP contribution in [0, 0.1) is 0 Å². The van der Waals surface area contributed by atoms with Crippen LogP contribution in [0.2, 0.25) is 39.3 Å². The molecule has 0 bridgehead atoms. The molecule has 3 nitrogen and oxygen atoms in total. The largest absolute Gasteiger partial charge is 0.536 e. The molecule has 0 aliphatic heterocycles. The van der Waals surface area contributed by atoms with Crippen molar-refractivity contribution in [2.75, 3.05) is 7.11 Å². The number of ether oxygens (including phenoxy) is 1. The van der Waals surface area contributed by atoms with Crippen molar-refractivity contribution in [2.24, 2.45) is 0 Å². The van der Waals surface area contributed by atoms with E-state index in [9.17, 15) is 0 Å². The summed E-state index contributed by atoms with van der Waals surface area (Å²) in [5.74, 6) is 2.29. The van der Waals surface area contributed by atoms with E-state index in [1.54, 1.807) is 13.4 Å². The standard InChI is InChI=1S/C20H28O3Si2/c1-21-17-12-10-16(11-13-17)20(24(2,3)4)15-19(23-25(5,6)7)18-9-8-14-22-18/h8-14H,1-7H3. The summed E-state index contributed by atoms with van der Waals surface area (Å²) in [6, 6.07) is 12.0. The van der Waals surface area contributed by atoms with Gasteiger partial charge in [0.25, 0.3) is 0 Å². The Bertz CT molecular complexity index is 755. The molecule has 25 heavy (non-hydrogen) atoms. The zero-order valence-electron chi connectivity index (χ0n) is 16.3. The average molecular weight is 373 g/mol. The van der Waals surface area contributed by atoms with Crippen LogP contribution in [0.15, 0.2) is 52.8 Å². The minimum atomic E-state index is -1.80. The summed E-state index contributed by atoms with van der Waals surface area (Å²) in [5.41, 5.74) is 4.74. The molecule has 0 atom stereocenters. The quantitative estimate of drug-likeness (QED) is 0.352. The first kappa shape index (κ1) is 19.4. The van der Waals surface area contributed by atoms with E-state index in [1.807, 2.05) is 24.3 Å². The van der Waals surface area contributed by atoms with Crippen LogP contribution in [0.25, 0.3) is 11.0 Å². The number of rotatable bonds is 6. The van der Waals surface area contributed by atoms with Crippen LogP contribution in [-0.4, -0.2) is 23.5 Å². The second-order valence-electron chi connectivity index (χ2n) is 8.00. The van der Waals surface area contributed by atoms with Crippen LogP contribution < -0.4 is 4.74 Å². The van der Waals surface area contributed by atoms with Crippen LogP contribution in [0.3, 0.4) is 0 Å². The van der Waals surface area contributed by atoms with Gasteiger partial charge in [0.05, 0.1) is 21.4 Å². The molecule has 1 heterocycles. The first-order valence-corrected chi connectivity index (χ1v) is 15.4. The van der Waals surface area contributed by atoms with Gasteiger partial charge >= 0.3 is 0 Å². The van der Waals surface area contributed by atoms with Crippen LogP contribution in [0.4, 0.5) is 0 Å². The number of hydrogen-bond donors (Lipinski definition) is 0. The molecule has 0 N–H and O–H groups in total. The van der Waals surface area contributed by atoms with E-state index >= 15 is 0 Å². The molecule has 0 saturated heterocycles. The Morgan fingerprint density at radius 1 is 0.960 bits per heavy atom. The molecular formula is C20H28O3Si2. The van der Waals surface area contributed by atoms with Gasteiger partial charge in [0.15, 0.2) is 11.5 Å². The van der Waals surface area contributed by atoms with Crippen molar-refractivity contribution >= 4 is 27.3 Å². The van der Waals surface area contributed by atoms with E-state index in [1.165, 1.54) is 5.20 Å². The van der Waals surface area contributed by atoms with Gasteiger partial charge in [0.1, 0.15) is 5.75 Å². The van der Waals surface area contributed by atoms with Crippen LogP contribution in [-0.2, 0) is 4.43 Å². The first-order valence-electron chi connectivity index (χ1n) is 8.49. The zero-order chi connectivity index (χ0) is 18.7. The third-order valence-corrected chi connectivity index (χ3v) is 6.25. The van der Waals surface area contributed by atoms with Crippen molar-refractivity contribution in [3.63, 3.8) is 0 Å². The molecule has 2 rings (SSSR count). The number of furan rings is 1. The molecule has 5 heteroatoms. The van der Waals surface area contributed by atoms with Gasteiger partial charge in [-0.25, -0.2) is 0 Å². The van der Waals surface area contributed by atoms with Gasteiger partial charge in [-0.1, -0.05) is 37.5 Å². The van der Waals surface area contributed by atoms with Crippen LogP contribution in [0.5, 0.6) is 5.75 Å². The molecule has 0 saturated carbocycles. The van der Waals surface area contributed by atoms with Crippen molar-refractivity contribution in [2.45, 2.75) is 39.3 Å². The molecule has 0 unspecified atom stereocenters. The van der Waals surface area contributed by atoms with Gasteiger partial charge in [-0.15, -0.1) is 0 Å². The number of benzene rings is 1. The van der Waals surface area contributed by atoms with Crippen molar-refractivity contribution in [1.82, 2.24) is 0 Å². The highest BCUT2D eigenvalue weighted by Gasteiger charge is 2.24. The summed E-state index contributed by atoms with van der Waals surface area (Å²) < 4.78 is 17.2. The first-order chi connectivity index (χ1) is 11.6. The SMILES string of the molecule is COc1ccc(C(=C=C(O[Si](C)(C)C)c2ccco2)[Si](C)(C)C)cc1. The van der Waals surface area contributed by atoms with E-state index in [0.717, 1.165) is 17.1 Å². The fourth-order valence-electron chi connectivity index (χ4n) is 2.42. The molecule has 0 aliphatic rings. The second-order valence-corrected chi connectivity index (χ2v) is 17.4.